The Kier molecular flexibility index (Phi) is 5.96. The molecule has 0 fully saturated rings. The third kappa shape index (κ3) is 4.18. The number of halogens is 3. The van der Waals surface area contributed by atoms with Gasteiger partial charge in [-0.25, -0.2) is 0 Å². The third-order valence-electron chi connectivity index (χ3n) is 4.53. The van der Waals surface area contributed by atoms with E-state index in [4.69, 9.17) is 5.26 Å². The van der Waals surface area contributed by atoms with Gasteiger partial charge in [-0.1, -0.05) is 12.2 Å². The SMILES string of the molecule is C[C@@H](C(=O)N(C)C)N(c1ccc(C#N)c(C(F)(F)F)c1)C1C=CCCC1. The number of anilines is 1. The smallest absolute Gasteiger partial charge is 0.353 e. The van der Waals surface area contributed by atoms with Crippen LogP contribution in [0, 0.1) is 11.3 Å². The Morgan fingerprint density at radius 2 is 2.04 bits per heavy atom. The van der Waals surface area contributed by atoms with E-state index in [9.17, 15) is 18.0 Å². The summed E-state index contributed by atoms with van der Waals surface area (Å²) in [5, 5.41) is 8.99. The molecule has 4 nitrogen and oxygen atoms in total. The normalized spacial score (nSPS) is 18.1. The number of carbonyl (C=O) groups excluding carboxylic acids is 1. The summed E-state index contributed by atoms with van der Waals surface area (Å²) in [6.45, 7) is 1.69. The highest BCUT2D eigenvalue weighted by Crippen LogP contribution is 2.36. The Morgan fingerprint density at radius 3 is 2.54 bits per heavy atom. The predicted molar refractivity (Wildman–Crippen MR) is 93.6 cm³/mol. The van der Waals surface area contributed by atoms with Crippen LogP contribution in [-0.2, 0) is 11.0 Å². The quantitative estimate of drug-likeness (QED) is 0.759. The van der Waals surface area contributed by atoms with Gasteiger partial charge in [-0.15, -0.1) is 0 Å². The molecule has 0 bridgehead atoms. The van der Waals surface area contributed by atoms with Gasteiger partial charge in [0.25, 0.3) is 0 Å². The van der Waals surface area contributed by atoms with E-state index in [1.54, 1.807) is 32.0 Å². The van der Waals surface area contributed by atoms with Crippen molar-refractivity contribution in [1.82, 2.24) is 4.90 Å². The zero-order valence-electron chi connectivity index (χ0n) is 15.0. The second-order valence-corrected chi connectivity index (χ2v) is 6.58. The Labute approximate surface area is 151 Å². The molecule has 0 saturated heterocycles. The maximum absolute atomic E-state index is 13.4. The highest BCUT2D eigenvalue weighted by molar-refractivity contribution is 5.85. The Hall–Kier alpha value is -2.49. The molecule has 1 unspecified atom stereocenters. The molecule has 1 aliphatic rings. The molecule has 1 aromatic rings. The molecule has 0 radical (unpaired) electrons. The molecule has 0 aromatic heterocycles. The van der Waals surface area contributed by atoms with Gasteiger partial charge >= 0.3 is 6.18 Å². The average molecular weight is 365 g/mol. The molecule has 2 rings (SSSR count). The minimum absolute atomic E-state index is 0.170. The molecule has 0 heterocycles. The first-order chi connectivity index (χ1) is 12.2. The topological polar surface area (TPSA) is 47.3 Å². The van der Waals surface area contributed by atoms with Crippen LogP contribution in [0.15, 0.2) is 30.4 Å². The Balaban J connectivity index is 2.55. The molecule has 26 heavy (non-hydrogen) atoms. The summed E-state index contributed by atoms with van der Waals surface area (Å²) in [4.78, 5) is 15.6. The zero-order chi connectivity index (χ0) is 19.5. The van der Waals surface area contributed by atoms with Crippen molar-refractivity contribution in [2.75, 3.05) is 19.0 Å². The van der Waals surface area contributed by atoms with Crippen LogP contribution in [0.3, 0.4) is 0 Å². The van der Waals surface area contributed by atoms with Crippen molar-refractivity contribution in [1.29, 1.82) is 5.26 Å². The van der Waals surface area contributed by atoms with Crippen molar-refractivity contribution in [3.05, 3.63) is 41.5 Å². The summed E-state index contributed by atoms with van der Waals surface area (Å²) in [5.41, 5.74) is -1.12. The number of likely N-dealkylation sites (N-methyl/N-ethyl adjacent to an activating group) is 1. The number of hydrogen-bond donors (Lipinski definition) is 0. The molecule has 0 spiro atoms. The van der Waals surface area contributed by atoms with E-state index in [-0.39, 0.29) is 17.6 Å². The lowest BCUT2D eigenvalue weighted by Crippen LogP contribution is -2.49. The highest BCUT2D eigenvalue weighted by Gasteiger charge is 2.36. The number of carbonyl (C=O) groups is 1. The molecule has 1 amide bonds. The van der Waals surface area contributed by atoms with Gasteiger partial charge in [0.15, 0.2) is 0 Å². The highest BCUT2D eigenvalue weighted by atomic mass is 19.4. The van der Waals surface area contributed by atoms with E-state index in [2.05, 4.69) is 0 Å². The second kappa shape index (κ2) is 7.81. The van der Waals surface area contributed by atoms with E-state index in [1.807, 2.05) is 12.2 Å². The molecular weight excluding hydrogens is 343 g/mol. The maximum Gasteiger partial charge on any atom is 0.417 e. The fraction of sp³-hybridized carbons (Fsp3) is 0.474. The summed E-state index contributed by atoms with van der Waals surface area (Å²) in [7, 11) is 3.24. The number of nitrogens with zero attached hydrogens (tertiary/aromatic N) is 3. The number of allylic oxidation sites excluding steroid dienone is 1. The number of alkyl halides is 3. The maximum atomic E-state index is 13.4. The van der Waals surface area contributed by atoms with E-state index in [1.165, 1.54) is 17.0 Å². The largest absolute Gasteiger partial charge is 0.417 e. The van der Waals surface area contributed by atoms with Gasteiger partial charge in [0.1, 0.15) is 6.04 Å². The molecule has 1 aromatic carbocycles. The molecule has 7 heteroatoms. The molecular formula is C19H22F3N3O. The van der Waals surface area contributed by atoms with Crippen LogP contribution in [0.25, 0.3) is 0 Å². The first kappa shape index (κ1) is 19.8. The van der Waals surface area contributed by atoms with Gasteiger partial charge in [-0.05, 0) is 44.4 Å². The van der Waals surface area contributed by atoms with Crippen LogP contribution in [0.2, 0.25) is 0 Å². The van der Waals surface area contributed by atoms with Crippen LogP contribution >= 0.6 is 0 Å². The lowest BCUT2D eigenvalue weighted by Gasteiger charge is -2.38. The van der Waals surface area contributed by atoms with Gasteiger partial charge < -0.3 is 9.80 Å². The first-order valence-electron chi connectivity index (χ1n) is 8.44. The number of benzene rings is 1. The molecule has 0 N–H and O–H groups in total. The molecule has 2 atom stereocenters. The number of nitriles is 1. The van der Waals surface area contributed by atoms with Crippen LogP contribution in [-0.4, -0.2) is 37.0 Å². The van der Waals surface area contributed by atoms with Crippen molar-refractivity contribution >= 4 is 11.6 Å². The van der Waals surface area contributed by atoms with Crippen LogP contribution in [0.1, 0.15) is 37.3 Å². The summed E-state index contributed by atoms with van der Waals surface area (Å²) in [6.07, 6.45) is 1.87. The van der Waals surface area contributed by atoms with Crippen molar-refractivity contribution in [2.24, 2.45) is 0 Å². The van der Waals surface area contributed by atoms with Gasteiger partial charge in [-0.3, -0.25) is 4.79 Å². The van der Waals surface area contributed by atoms with Gasteiger partial charge in [0.05, 0.1) is 17.2 Å². The molecule has 0 aliphatic heterocycles. The zero-order valence-corrected chi connectivity index (χ0v) is 15.0. The molecule has 0 saturated carbocycles. The average Bonchev–Trinajstić information content (AvgIpc) is 2.61. The fourth-order valence-electron chi connectivity index (χ4n) is 3.25. The van der Waals surface area contributed by atoms with E-state index in [0.717, 1.165) is 25.3 Å². The summed E-state index contributed by atoms with van der Waals surface area (Å²) in [5.74, 6) is -0.193. The lowest BCUT2D eigenvalue weighted by atomic mass is 9.97. The lowest BCUT2D eigenvalue weighted by molar-refractivity contribution is -0.137. The molecule has 140 valence electrons. The van der Waals surface area contributed by atoms with Crippen molar-refractivity contribution < 1.29 is 18.0 Å². The number of hydrogen-bond acceptors (Lipinski definition) is 3. The van der Waals surface area contributed by atoms with E-state index < -0.39 is 23.3 Å². The van der Waals surface area contributed by atoms with Gasteiger partial charge in [-0.2, -0.15) is 18.4 Å². The van der Waals surface area contributed by atoms with Crippen LogP contribution in [0.5, 0.6) is 0 Å². The van der Waals surface area contributed by atoms with Crippen molar-refractivity contribution in [2.45, 2.75) is 44.4 Å². The van der Waals surface area contributed by atoms with E-state index in [0.29, 0.717) is 0 Å². The minimum atomic E-state index is -4.63. The van der Waals surface area contributed by atoms with Crippen LogP contribution in [0.4, 0.5) is 18.9 Å². The Bertz CT molecular complexity index is 735. The van der Waals surface area contributed by atoms with E-state index >= 15 is 0 Å². The summed E-state index contributed by atoms with van der Waals surface area (Å²) in [6, 6.07) is 4.41. The van der Waals surface area contributed by atoms with Gasteiger partial charge in [0.2, 0.25) is 5.91 Å². The predicted octanol–water partition coefficient (Wildman–Crippen LogP) is 3.97. The summed E-state index contributed by atoms with van der Waals surface area (Å²) >= 11 is 0. The minimum Gasteiger partial charge on any atom is -0.353 e. The third-order valence-corrected chi connectivity index (χ3v) is 4.53. The Morgan fingerprint density at radius 1 is 1.35 bits per heavy atom. The van der Waals surface area contributed by atoms with Gasteiger partial charge in [0, 0.05) is 25.8 Å². The fourth-order valence-corrected chi connectivity index (χ4v) is 3.25. The standard InChI is InChI=1S/C19H22F3N3O/c1-13(18(26)24(2)3)25(15-7-5-4-6-8-15)16-10-9-14(12-23)17(11-16)19(20,21)22/h5,7,9-11,13,15H,4,6,8H2,1-3H3/t13-,15?/m0/s1. The number of amides is 1. The summed E-state index contributed by atoms with van der Waals surface area (Å²) < 4.78 is 40.1. The van der Waals surface area contributed by atoms with Crippen molar-refractivity contribution in [3.63, 3.8) is 0 Å². The number of rotatable bonds is 4. The van der Waals surface area contributed by atoms with Crippen molar-refractivity contribution in [3.8, 4) is 6.07 Å². The molecule has 1 aliphatic carbocycles. The first-order valence-corrected chi connectivity index (χ1v) is 8.44. The monoisotopic (exact) mass is 365 g/mol. The second-order valence-electron chi connectivity index (χ2n) is 6.58. The van der Waals surface area contributed by atoms with Crippen LogP contribution < -0.4 is 4.90 Å².